The fourth-order valence-electron chi connectivity index (χ4n) is 1.65. The van der Waals surface area contributed by atoms with Gasteiger partial charge in [0.25, 0.3) is 0 Å². The lowest BCUT2D eigenvalue weighted by Crippen LogP contribution is -2.03. The number of aryl methyl sites for hydroxylation is 1. The largest absolute Gasteiger partial charge is 0.381 e. The number of rotatable bonds is 3. The summed E-state index contributed by atoms with van der Waals surface area (Å²) >= 11 is 2.21. The molecule has 0 aliphatic heterocycles. The highest BCUT2D eigenvalue weighted by molar-refractivity contribution is 14.1. The number of halogens is 3. The highest BCUT2D eigenvalue weighted by atomic mass is 127. The Labute approximate surface area is 118 Å². The van der Waals surface area contributed by atoms with Gasteiger partial charge in [0.1, 0.15) is 11.6 Å². The van der Waals surface area contributed by atoms with E-state index in [0.29, 0.717) is 5.56 Å². The second-order valence-corrected chi connectivity index (χ2v) is 5.29. The van der Waals surface area contributed by atoms with E-state index in [9.17, 15) is 8.78 Å². The average molecular weight is 359 g/mol. The van der Waals surface area contributed by atoms with Gasteiger partial charge in [-0.2, -0.15) is 0 Å². The first-order valence-electron chi connectivity index (χ1n) is 5.50. The number of hydrogen-bond acceptors (Lipinski definition) is 1. The first-order chi connectivity index (χ1) is 8.56. The van der Waals surface area contributed by atoms with E-state index in [1.165, 1.54) is 6.07 Å². The van der Waals surface area contributed by atoms with Crippen LogP contribution >= 0.6 is 22.6 Å². The van der Waals surface area contributed by atoms with E-state index in [1.54, 1.807) is 0 Å². The molecule has 0 fully saturated rings. The van der Waals surface area contributed by atoms with Crippen molar-refractivity contribution in [2.24, 2.45) is 0 Å². The highest BCUT2D eigenvalue weighted by Gasteiger charge is 2.05. The monoisotopic (exact) mass is 359 g/mol. The van der Waals surface area contributed by atoms with E-state index in [-0.39, 0.29) is 6.54 Å². The van der Waals surface area contributed by atoms with Crippen molar-refractivity contribution in [3.8, 4) is 0 Å². The smallest absolute Gasteiger partial charge is 0.128 e. The van der Waals surface area contributed by atoms with Crippen molar-refractivity contribution in [3.63, 3.8) is 0 Å². The minimum atomic E-state index is -0.424. The predicted molar refractivity (Wildman–Crippen MR) is 77.6 cm³/mol. The highest BCUT2D eigenvalue weighted by Crippen LogP contribution is 2.19. The van der Waals surface area contributed by atoms with Crippen LogP contribution < -0.4 is 5.32 Å². The number of benzene rings is 2. The number of hydrogen-bond donors (Lipinski definition) is 1. The maximum atomic E-state index is 13.4. The summed E-state index contributed by atoms with van der Waals surface area (Å²) in [7, 11) is 0. The predicted octanol–water partition coefficient (Wildman–Crippen LogP) is 4.49. The molecule has 0 spiro atoms. The quantitative estimate of drug-likeness (QED) is 0.797. The molecule has 0 bridgehead atoms. The summed E-state index contributed by atoms with van der Waals surface area (Å²) in [6.07, 6.45) is 0. The average Bonchev–Trinajstić information content (AvgIpc) is 2.34. The van der Waals surface area contributed by atoms with Crippen LogP contribution in [0, 0.1) is 22.1 Å². The molecule has 0 heterocycles. The summed E-state index contributed by atoms with van der Waals surface area (Å²) in [5.74, 6) is -0.820. The van der Waals surface area contributed by atoms with Crippen molar-refractivity contribution >= 4 is 28.3 Å². The molecule has 2 rings (SSSR count). The van der Waals surface area contributed by atoms with Gasteiger partial charge in [-0.15, -0.1) is 0 Å². The molecule has 0 saturated heterocycles. The Hall–Kier alpha value is -1.17. The molecule has 0 aliphatic rings. The summed E-state index contributed by atoms with van der Waals surface area (Å²) in [4.78, 5) is 0. The Morgan fingerprint density at radius 1 is 1.11 bits per heavy atom. The fraction of sp³-hybridized carbons (Fsp3) is 0.143. The third-order valence-electron chi connectivity index (χ3n) is 2.68. The molecule has 0 radical (unpaired) electrons. The maximum absolute atomic E-state index is 13.4. The molecule has 2 aromatic carbocycles. The van der Waals surface area contributed by atoms with E-state index in [4.69, 9.17) is 0 Å². The van der Waals surface area contributed by atoms with Gasteiger partial charge in [-0.3, -0.25) is 0 Å². The van der Waals surface area contributed by atoms with Crippen molar-refractivity contribution in [1.82, 2.24) is 0 Å². The van der Waals surface area contributed by atoms with Crippen LogP contribution in [-0.4, -0.2) is 0 Å². The molecule has 4 heteroatoms. The van der Waals surface area contributed by atoms with Crippen LogP contribution in [0.5, 0.6) is 0 Å². The lowest BCUT2D eigenvalue weighted by atomic mass is 10.1. The lowest BCUT2D eigenvalue weighted by molar-refractivity contribution is 0.587. The van der Waals surface area contributed by atoms with Crippen LogP contribution in [-0.2, 0) is 6.54 Å². The van der Waals surface area contributed by atoms with Crippen molar-refractivity contribution in [2.75, 3.05) is 5.32 Å². The molecule has 0 aliphatic carbocycles. The molecule has 1 N–H and O–H groups in total. The minimum absolute atomic E-state index is 0.268. The molecule has 2 aromatic rings. The number of anilines is 1. The molecular weight excluding hydrogens is 347 g/mol. The first kappa shape index (κ1) is 13.3. The van der Waals surface area contributed by atoms with Crippen LogP contribution in [0.4, 0.5) is 14.5 Å². The van der Waals surface area contributed by atoms with Crippen LogP contribution in [0.1, 0.15) is 11.1 Å². The summed E-state index contributed by atoms with van der Waals surface area (Å²) in [6, 6.07) is 9.46. The second-order valence-electron chi connectivity index (χ2n) is 4.05. The standard InChI is InChI=1S/C14H12F2IN/c1-9-2-4-12(17)7-14(9)18-8-10-6-11(15)3-5-13(10)16/h2-7,18H,8H2,1H3. The summed E-state index contributed by atoms with van der Waals surface area (Å²) in [5, 5.41) is 3.13. The van der Waals surface area contributed by atoms with Crippen molar-refractivity contribution in [1.29, 1.82) is 0 Å². The third-order valence-corrected chi connectivity index (χ3v) is 3.35. The Morgan fingerprint density at radius 3 is 2.67 bits per heavy atom. The Balaban J connectivity index is 2.16. The molecular formula is C14H12F2IN. The van der Waals surface area contributed by atoms with Crippen molar-refractivity contribution < 1.29 is 8.78 Å². The zero-order valence-corrected chi connectivity index (χ0v) is 12.0. The first-order valence-corrected chi connectivity index (χ1v) is 6.58. The Bertz CT molecular complexity index is 518. The normalized spacial score (nSPS) is 10.4. The number of nitrogens with one attached hydrogen (secondary N) is 1. The van der Waals surface area contributed by atoms with Gasteiger partial charge in [0.2, 0.25) is 0 Å². The van der Waals surface area contributed by atoms with Gasteiger partial charge in [-0.1, -0.05) is 6.07 Å². The molecule has 0 unspecified atom stereocenters. The lowest BCUT2D eigenvalue weighted by Gasteiger charge is -2.10. The van der Waals surface area contributed by atoms with Gasteiger partial charge in [0.15, 0.2) is 0 Å². The zero-order valence-electron chi connectivity index (χ0n) is 9.81. The van der Waals surface area contributed by atoms with Gasteiger partial charge >= 0.3 is 0 Å². The van der Waals surface area contributed by atoms with Gasteiger partial charge < -0.3 is 5.32 Å². The Morgan fingerprint density at radius 2 is 1.89 bits per heavy atom. The molecule has 0 aromatic heterocycles. The van der Waals surface area contributed by atoms with Gasteiger partial charge in [0, 0.05) is 21.4 Å². The van der Waals surface area contributed by atoms with E-state index in [1.807, 2.05) is 25.1 Å². The molecule has 0 atom stereocenters. The summed E-state index contributed by atoms with van der Waals surface area (Å²) in [6.45, 7) is 2.24. The van der Waals surface area contributed by atoms with Gasteiger partial charge in [0.05, 0.1) is 0 Å². The van der Waals surface area contributed by atoms with Gasteiger partial charge in [-0.25, -0.2) is 8.78 Å². The van der Waals surface area contributed by atoms with Crippen molar-refractivity contribution in [3.05, 3.63) is 62.7 Å². The molecule has 0 amide bonds. The second kappa shape index (κ2) is 5.65. The molecule has 0 saturated carbocycles. The minimum Gasteiger partial charge on any atom is -0.381 e. The summed E-state index contributed by atoms with van der Waals surface area (Å²) in [5.41, 5.74) is 2.34. The van der Waals surface area contributed by atoms with Crippen LogP contribution in [0.2, 0.25) is 0 Å². The molecule has 1 nitrogen and oxygen atoms in total. The van der Waals surface area contributed by atoms with Crippen molar-refractivity contribution in [2.45, 2.75) is 13.5 Å². The Kier molecular flexibility index (Phi) is 4.16. The third kappa shape index (κ3) is 3.19. The van der Waals surface area contributed by atoms with Crippen LogP contribution in [0.3, 0.4) is 0 Å². The fourth-order valence-corrected chi connectivity index (χ4v) is 2.15. The van der Waals surface area contributed by atoms with Crippen LogP contribution in [0.25, 0.3) is 0 Å². The van der Waals surface area contributed by atoms with Gasteiger partial charge in [-0.05, 0) is 65.4 Å². The maximum Gasteiger partial charge on any atom is 0.128 e. The van der Waals surface area contributed by atoms with E-state index < -0.39 is 11.6 Å². The summed E-state index contributed by atoms with van der Waals surface area (Å²) < 4.78 is 27.6. The molecule has 94 valence electrons. The topological polar surface area (TPSA) is 12.0 Å². The van der Waals surface area contributed by atoms with Crippen LogP contribution in [0.15, 0.2) is 36.4 Å². The molecule has 18 heavy (non-hydrogen) atoms. The van der Waals surface area contributed by atoms with E-state index >= 15 is 0 Å². The zero-order chi connectivity index (χ0) is 13.1. The van der Waals surface area contributed by atoms with E-state index in [2.05, 4.69) is 27.9 Å². The SMILES string of the molecule is Cc1ccc(I)cc1NCc1cc(F)ccc1F. The van der Waals surface area contributed by atoms with E-state index in [0.717, 1.165) is 27.0 Å².